The number of phenolic OH excluding ortho intramolecular Hbond substituents is 2. The van der Waals surface area contributed by atoms with E-state index < -0.39 is 5.97 Å². The van der Waals surface area contributed by atoms with E-state index in [-0.39, 0.29) is 23.6 Å². The number of rotatable bonds is 3. The summed E-state index contributed by atoms with van der Waals surface area (Å²) in [6.45, 7) is -0.366. The minimum absolute atomic E-state index is 0.0143. The molecule has 0 bridgehead atoms. The van der Waals surface area contributed by atoms with Crippen molar-refractivity contribution in [1.82, 2.24) is 0 Å². The third-order valence-corrected chi connectivity index (χ3v) is 1.47. The quantitative estimate of drug-likeness (QED) is 0.486. The predicted molar refractivity (Wildman–Crippen MR) is 49.9 cm³/mol. The SMILES string of the molecule is O=C(O)CN=Cc1cc(O)ccc1O. The minimum Gasteiger partial charge on any atom is -0.508 e. The first-order chi connectivity index (χ1) is 6.59. The van der Waals surface area contributed by atoms with E-state index in [0.29, 0.717) is 0 Å². The fraction of sp³-hybridized carbons (Fsp3) is 0.111. The first-order valence-corrected chi connectivity index (χ1v) is 3.83. The molecule has 0 aromatic heterocycles. The van der Waals surface area contributed by atoms with Gasteiger partial charge in [0, 0.05) is 11.8 Å². The second kappa shape index (κ2) is 4.27. The molecule has 0 spiro atoms. The second-order valence-corrected chi connectivity index (χ2v) is 2.61. The maximum Gasteiger partial charge on any atom is 0.325 e. The summed E-state index contributed by atoms with van der Waals surface area (Å²) in [5.41, 5.74) is 0.284. The number of hydrogen-bond acceptors (Lipinski definition) is 4. The predicted octanol–water partition coefficient (Wildman–Crippen LogP) is 0.601. The van der Waals surface area contributed by atoms with E-state index in [4.69, 9.17) is 10.2 Å². The van der Waals surface area contributed by atoms with Gasteiger partial charge in [0.1, 0.15) is 18.0 Å². The fourth-order valence-corrected chi connectivity index (χ4v) is 0.867. The Morgan fingerprint density at radius 3 is 2.79 bits per heavy atom. The molecular weight excluding hydrogens is 186 g/mol. The minimum atomic E-state index is -1.05. The highest BCUT2D eigenvalue weighted by molar-refractivity contribution is 5.85. The Morgan fingerprint density at radius 1 is 1.43 bits per heavy atom. The lowest BCUT2D eigenvalue weighted by Crippen LogP contribution is -1.99. The fourth-order valence-electron chi connectivity index (χ4n) is 0.867. The second-order valence-electron chi connectivity index (χ2n) is 2.61. The van der Waals surface area contributed by atoms with Crippen molar-refractivity contribution in [3.05, 3.63) is 23.8 Å². The van der Waals surface area contributed by atoms with Gasteiger partial charge < -0.3 is 15.3 Å². The molecule has 0 aliphatic heterocycles. The van der Waals surface area contributed by atoms with Gasteiger partial charge in [-0.3, -0.25) is 9.79 Å². The number of hydrogen-bond donors (Lipinski definition) is 3. The van der Waals surface area contributed by atoms with Crippen molar-refractivity contribution in [2.24, 2.45) is 4.99 Å². The largest absolute Gasteiger partial charge is 0.508 e. The molecule has 14 heavy (non-hydrogen) atoms. The van der Waals surface area contributed by atoms with E-state index >= 15 is 0 Å². The lowest BCUT2D eigenvalue weighted by Gasteiger charge is -1.98. The zero-order valence-electron chi connectivity index (χ0n) is 7.21. The third kappa shape index (κ3) is 2.78. The summed E-state index contributed by atoms with van der Waals surface area (Å²) >= 11 is 0. The zero-order chi connectivity index (χ0) is 10.6. The number of aromatic hydroxyl groups is 2. The third-order valence-electron chi connectivity index (χ3n) is 1.47. The van der Waals surface area contributed by atoms with Crippen LogP contribution in [0.1, 0.15) is 5.56 Å². The van der Waals surface area contributed by atoms with Crippen LogP contribution in [0.5, 0.6) is 11.5 Å². The molecule has 0 atom stereocenters. The molecule has 0 saturated carbocycles. The molecule has 1 aromatic carbocycles. The van der Waals surface area contributed by atoms with Gasteiger partial charge in [-0.25, -0.2) is 0 Å². The lowest BCUT2D eigenvalue weighted by atomic mass is 10.2. The molecule has 74 valence electrons. The first-order valence-electron chi connectivity index (χ1n) is 3.83. The summed E-state index contributed by atoms with van der Waals surface area (Å²) in [7, 11) is 0. The smallest absolute Gasteiger partial charge is 0.325 e. The Morgan fingerprint density at radius 2 is 2.14 bits per heavy atom. The van der Waals surface area contributed by atoms with E-state index in [1.165, 1.54) is 24.4 Å². The average Bonchev–Trinajstić information content (AvgIpc) is 2.10. The van der Waals surface area contributed by atoms with Gasteiger partial charge in [0.2, 0.25) is 0 Å². The van der Waals surface area contributed by atoms with Crippen LogP contribution >= 0.6 is 0 Å². The van der Waals surface area contributed by atoms with Gasteiger partial charge in [0.25, 0.3) is 0 Å². The van der Waals surface area contributed by atoms with Crippen molar-refractivity contribution in [2.75, 3.05) is 6.54 Å². The lowest BCUT2D eigenvalue weighted by molar-refractivity contribution is -0.135. The van der Waals surface area contributed by atoms with Crippen molar-refractivity contribution in [3.8, 4) is 11.5 Å². The number of carboxylic acids is 1. The van der Waals surface area contributed by atoms with Crippen molar-refractivity contribution >= 4 is 12.2 Å². The van der Waals surface area contributed by atoms with Crippen LogP contribution < -0.4 is 0 Å². The molecule has 0 amide bonds. The van der Waals surface area contributed by atoms with E-state index in [9.17, 15) is 9.90 Å². The molecule has 0 radical (unpaired) electrons. The number of nitrogens with zero attached hydrogens (tertiary/aromatic N) is 1. The highest BCUT2D eigenvalue weighted by atomic mass is 16.4. The highest BCUT2D eigenvalue weighted by Gasteiger charge is 1.99. The Bertz CT molecular complexity index is 373. The van der Waals surface area contributed by atoms with Crippen LogP contribution in [0.4, 0.5) is 0 Å². The topological polar surface area (TPSA) is 90.1 Å². The van der Waals surface area contributed by atoms with Gasteiger partial charge in [-0.05, 0) is 18.2 Å². The monoisotopic (exact) mass is 195 g/mol. The summed E-state index contributed by atoms with van der Waals surface area (Å²) in [5.74, 6) is -1.13. The molecule has 0 aliphatic carbocycles. The standard InChI is InChI=1S/C9H9NO4/c11-7-1-2-8(12)6(3-7)4-10-5-9(13)14/h1-4,11-12H,5H2,(H,13,14). The maximum absolute atomic E-state index is 10.1. The van der Waals surface area contributed by atoms with Crippen molar-refractivity contribution < 1.29 is 20.1 Å². The number of aliphatic carboxylic acids is 1. The summed E-state index contributed by atoms with van der Waals surface area (Å²) in [4.78, 5) is 13.7. The zero-order valence-corrected chi connectivity index (χ0v) is 7.21. The summed E-state index contributed by atoms with van der Waals surface area (Å²) in [6.07, 6.45) is 1.20. The number of phenols is 2. The van der Waals surface area contributed by atoms with E-state index in [1.54, 1.807) is 0 Å². The van der Waals surface area contributed by atoms with Gasteiger partial charge >= 0.3 is 5.97 Å². The molecule has 5 heteroatoms. The molecule has 0 aliphatic rings. The number of carboxylic acid groups (broad SMARTS) is 1. The molecule has 0 heterocycles. The number of carbonyl (C=O) groups is 1. The van der Waals surface area contributed by atoms with Crippen LogP contribution in [0, 0.1) is 0 Å². The van der Waals surface area contributed by atoms with Crippen molar-refractivity contribution in [2.45, 2.75) is 0 Å². The van der Waals surface area contributed by atoms with Gasteiger partial charge in [0.05, 0.1) is 0 Å². The van der Waals surface area contributed by atoms with Crippen LogP contribution in [0.15, 0.2) is 23.2 Å². The molecular formula is C9H9NO4. The molecule has 1 rings (SSSR count). The van der Waals surface area contributed by atoms with Crippen LogP contribution in [0.3, 0.4) is 0 Å². The van der Waals surface area contributed by atoms with Crippen LogP contribution in [-0.2, 0) is 4.79 Å². The van der Waals surface area contributed by atoms with Gasteiger partial charge in [-0.1, -0.05) is 0 Å². The molecule has 0 unspecified atom stereocenters. The van der Waals surface area contributed by atoms with Gasteiger partial charge in [0.15, 0.2) is 0 Å². The Labute approximate surface area is 80.0 Å². The first kappa shape index (κ1) is 10.0. The highest BCUT2D eigenvalue weighted by Crippen LogP contribution is 2.19. The van der Waals surface area contributed by atoms with Crippen LogP contribution in [0.25, 0.3) is 0 Å². The molecule has 3 N–H and O–H groups in total. The summed E-state index contributed by atoms with van der Waals surface area (Å²) in [6, 6.07) is 3.92. The summed E-state index contributed by atoms with van der Waals surface area (Å²) < 4.78 is 0. The Kier molecular flexibility index (Phi) is 3.06. The Balaban J connectivity index is 2.80. The molecule has 5 nitrogen and oxygen atoms in total. The Hall–Kier alpha value is -2.04. The van der Waals surface area contributed by atoms with Crippen LogP contribution in [-0.4, -0.2) is 34.0 Å². The maximum atomic E-state index is 10.1. The van der Waals surface area contributed by atoms with Crippen molar-refractivity contribution in [3.63, 3.8) is 0 Å². The van der Waals surface area contributed by atoms with Crippen molar-refractivity contribution in [1.29, 1.82) is 0 Å². The normalized spacial score (nSPS) is 10.6. The van der Waals surface area contributed by atoms with E-state index in [0.717, 1.165) is 0 Å². The van der Waals surface area contributed by atoms with Crippen LogP contribution in [0.2, 0.25) is 0 Å². The summed E-state index contributed by atoms with van der Waals surface area (Å²) in [5, 5.41) is 26.6. The van der Waals surface area contributed by atoms with Gasteiger partial charge in [-0.15, -0.1) is 0 Å². The number of benzene rings is 1. The van der Waals surface area contributed by atoms with E-state index in [2.05, 4.69) is 4.99 Å². The van der Waals surface area contributed by atoms with E-state index in [1.807, 2.05) is 0 Å². The van der Waals surface area contributed by atoms with Gasteiger partial charge in [-0.2, -0.15) is 0 Å². The number of aliphatic imine (C=N–C) groups is 1. The molecule has 1 aromatic rings. The molecule has 0 saturated heterocycles. The average molecular weight is 195 g/mol. The molecule has 0 fully saturated rings.